The molecule has 0 radical (unpaired) electrons. The van der Waals surface area contributed by atoms with Crippen LogP contribution in [0.3, 0.4) is 0 Å². The number of aromatic amines is 1. The van der Waals surface area contributed by atoms with Crippen LogP contribution in [0.15, 0.2) is 52.1 Å². The number of carbonyl (C=O) groups excluding carboxylic acids is 1. The van der Waals surface area contributed by atoms with Crippen LogP contribution in [-0.2, 0) is 17.9 Å². The van der Waals surface area contributed by atoms with Crippen molar-refractivity contribution in [1.82, 2.24) is 15.1 Å². The van der Waals surface area contributed by atoms with Crippen LogP contribution < -0.4 is 16.4 Å². The van der Waals surface area contributed by atoms with Crippen LogP contribution >= 0.6 is 0 Å². The first-order chi connectivity index (χ1) is 12.0. The van der Waals surface area contributed by atoms with Crippen molar-refractivity contribution in [3.05, 3.63) is 79.9 Å². The quantitative estimate of drug-likeness (QED) is 0.759. The molecule has 0 fully saturated rings. The smallest absolute Gasteiger partial charge is 0.273 e. The molecule has 25 heavy (non-hydrogen) atoms. The van der Waals surface area contributed by atoms with Crippen LogP contribution in [0.2, 0.25) is 0 Å². The van der Waals surface area contributed by atoms with Crippen molar-refractivity contribution in [3.63, 3.8) is 0 Å². The fourth-order valence-electron chi connectivity index (χ4n) is 2.80. The Balaban J connectivity index is 1.77. The number of rotatable bonds is 4. The standard InChI is InChI=1S/C19H19N3O3/c1-12-7-8-14(13(2)9-12)10-20-17(23)11-22-19(25)16-6-4-3-5-15(16)18(24)21-22/h3-9H,10-11H2,1-2H3,(H,20,23)(H,21,24). The molecule has 6 nitrogen and oxygen atoms in total. The van der Waals surface area contributed by atoms with Gasteiger partial charge in [0.1, 0.15) is 6.54 Å². The summed E-state index contributed by atoms with van der Waals surface area (Å²) in [5.74, 6) is -0.340. The van der Waals surface area contributed by atoms with Gasteiger partial charge >= 0.3 is 0 Å². The summed E-state index contributed by atoms with van der Waals surface area (Å²) in [6.07, 6.45) is 0. The van der Waals surface area contributed by atoms with Crippen LogP contribution in [0.5, 0.6) is 0 Å². The zero-order valence-corrected chi connectivity index (χ0v) is 14.1. The molecule has 0 unspecified atom stereocenters. The minimum atomic E-state index is -0.392. The van der Waals surface area contributed by atoms with Crippen molar-refractivity contribution in [2.24, 2.45) is 0 Å². The number of hydrogen-bond donors (Lipinski definition) is 2. The van der Waals surface area contributed by atoms with Gasteiger partial charge in [0.15, 0.2) is 0 Å². The Morgan fingerprint density at radius 3 is 2.52 bits per heavy atom. The minimum absolute atomic E-state index is 0.232. The predicted octanol–water partition coefficient (Wildman–Crippen LogP) is 1.62. The lowest BCUT2D eigenvalue weighted by atomic mass is 10.1. The number of aryl methyl sites for hydroxylation is 2. The van der Waals surface area contributed by atoms with E-state index >= 15 is 0 Å². The summed E-state index contributed by atoms with van der Waals surface area (Å²) in [5.41, 5.74) is 2.48. The normalized spacial score (nSPS) is 10.8. The first-order valence-corrected chi connectivity index (χ1v) is 8.00. The molecule has 3 aromatic rings. The lowest BCUT2D eigenvalue weighted by molar-refractivity contribution is -0.122. The van der Waals surface area contributed by atoms with Gasteiger partial charge in [-0.15, -0.1) is 0 Å². The van der Waals surface area contributed by atoms with Gasteiger partial charge < -0.3 is 5.32 Å². The Kier molecular flexibility index (Phi) is 4.52. The molecule has 1 amide bonds. The molecule has 128 valence electrons. The van der Waals surface area contributed by atoms with Gasteiger partial charge in [-0.2, -0.15) is 0 Å². The first kappa shape index (κ1) is 16.7. The van der Waals surface area contributed by atoms with Crippen LogP contribution in [0.4, 0.5) is 0 Å². The highest BCUT2D eigenvalue weighted by atomic mass is 16.2. The van der Waals surface area contributed by atoms with Crippen molar-refractivity contribution < 1.29 is 4.79 Å². The topological polar surface area (TPSA) is 84.0 Å². The zero-order valence-electron chi connectivity index (χ0n) is 14.1. The molecule has 0 atom stereocenters. The van der Waals surface area contributed by atoms with Gasteiger partial charge in [-0.3, -0.25) is 19.5 Å². The van der Waals surface area contributed by atoms with Gasteiger partial charge in [0, 0.05) is 6.54 Å². The van der Waals surface area contributed by atoms with Gasteiger partial charge in [-0.05, 0) is 37.1 Å². The Hall–Kier alpha value is -3.15. The van der Waals surface area contributed by atoms with Crippen molar-refractivity contribution in [1.29, 1.82) is 0 Å². The van der Waals surface area contributed by atoms with E-state index in [0.717, 1.165) is 21.4 Å². The summed E-state index contributed by atoms with van der Waals surface area (Å²) in [6, 6.07) is 12.5. The molecule has 0 bridgehead atoms. The summed E-state index contributed by atoms with van der Waals surface area (Å²) >= 11 is 0. The molecule has 0 saturated heterocycles. The number of carbonyl (C=O) groups is 1. The zero-order chi connectivity index (χ0) is 18.0. The van der Waals surface area contributed by atoms with Crippen LogP contribution in [0.25, 0.3) is 10.8 Å². The second-order valence-corrected chi connectivity index (χ2v) is 6.08. The SMILES string of the molecule is Cc1ccc(CNC(=O)Cn2[nH]c(=O)c3ccccc3c2=O)c(C)c1. The van der Waals surface area contributed by atoms with Crippen molar-refractivity contribution in [2.45, 2.75) is 26.9 Å². The van der Waals surface area contributed by atoms with Gasteiger partial charge in [0.05, 0.1) is 10.8 Å². The molecule has 3 rings (SSSR count). The minimum Gasteiger partial charge on any atom is -0.350 e. The third kappa shape index (κ3) is 3.52. The number of amides is 1. The fourth-order valence-corrected chi connectivity index (χ4v) is 2.80. The first-order valence-electron chi connectivity index (χ1n) is 8.00. The van der Waals surface area contributed by atoms with E-state index in [0.29, 0.717) is 17.3 Å². The van der Waals surface area contributed by atoms with E-state index in [1.165, 1.54) is 0 Å². The molecule has 1 heterocycles. The molecule has 0 aliphatic heterocycles. The highest BCUT2D eigenvalue weighted by molar-refractivity contribution is 5.81. The molecule has 0 spiro atoms. The molecule has 0 saturated carbocycles. The maximum atomic E-state index is 12.4. The van der Waals surface area contributed by atoms with E-state index in [9.17, 15) is 14.4 Å². The molecular formula is C19H19N3O3. The second-order valence-electron chi connectivity index (χ2n) is 6.08. The van der Waals surface area contributed by atoms with Gasteiger partial charge in [-0.25, -0.2) is 4.68 Å². The van der Waals surface area contributed by atoms with Gasteiger partial charge in [0.2, 0.25) is 5.91 Å². The van der Waals surface area contributed by atoms with E-state index < -0.39 is 11.1 Å². The number of H-pyrrole nitrogens is 1. The third-order valence-electron chi connectivity index (χ3n) is 4.16. The Labute approximate surface area is 144 Å². The number of nitrogens with zero attached hydrogens (tertiary/aromatic N) is 1. The van der Waals surface area contributed by atoms with Gasteiger partial charge in [-0.1, -0.05) is 35.9 Å². The maximum Gasteiger partial charge on any atom is 0.273 e. The van der Waals surface area contributed by atoms with Gasteiger partial charge in [0.25, 0.3) is 11.1 Å². The van der Waals surface area contributed by atoms with Crippen molar-refractivity contribution in [2.75, 3.05) is 0 Å². The van der Waals surface area contributed by atoms with Crippen molar-refractivity contribution in [3.8, 4) is 0 Å². The fraction of sp³-hybridized carbons (Fsp3) is 0.211. The third-order valence-corrected chi connectivity index (χ3v) is 4.16. The highest BCUT2D eigenvalue weighted by Gasteiger charge is 2.10. The average Bonchev–Trinajstić information content (AvgIpc) is 2.59. The van der Waals surface area contributed by atoms with E-state index in [1.807, 2.05) is 32.0 Å². The molecule has 6 heteroatoms. The van der Waals surface area contributed by atoms with E-state index in [1.54, 1.807) is 24.3 Å². The Bertz CT molecular complexity index is 1060. The monoisotopic (exact) mass is 337 g/mol. The summed E-state index contributed by atoms with van der Waals surface area (Å²) < 4.78 is 1.04. The molecule has 1 aromatic heterocycles. The van der Waals surface area contributed by atoms with E-state index in [2.05, 4.69) is 10.4 Å². The molecule has 0 aliphatic carbocycles. The summed E-state index contributed by atoms with van der Waals surface area (Å²) in [7, 11) is 0. The van der Waals surface area contributed by atoms with E-state index in [4.69, 9.17) is 0 Å². The maximum absolute atomic E-state index is 12.4. The van der Waals surface area contributed by atoms with Crippen LogP contribution in [0, 0.1) is 13.8 Å². The number of fused-ring (bicyclic) bond motifs is 1. The highest BCUT2D eigenvalue weighted by Crippen LogP contribution is 2.10. The summed E-state index contributed by atoms with van der Waals surface area (Å²) in [6.45, 7) is 4.14. The number of nitrogens with one attached hydrogen (secondary N) is 2. The average molecular weight is 337 g/mol. The lowest BCUT2D eigenvalue weighted by Crippen LogP contribution is -2.36. The number of aromatic nitrogens is 2. The molecule has 0 aliphatic rings. The Morgan fingerprint density at radius 1 is 1.08 bits per heavy atom. The number of benzene rings is 2. The molecule has 2 N–H and O–H groups in total. The predicted molar refractivity (Wildman–Crippen MR) is 96.6 cm³/mol. The summed E-state index contributed by atoms with van der Waals surface area (Å²) in [4.78, 5) is 36.6. The molecular weight excluding hydrogens is 318 g/mol. The van der Waals surface area contributed by atoms with Crippen molar-refractivity contribution >= 4 is 16.7 Å². The summed E-state index contributed by atoms with van der Waals surface area (Å²) in [5, 5.41) is 5.85. The van der Waals surface area contributed by atoms with Crippen LogP contribution in [0.1, 0.15) is 16.7 Å². The van der Waals surface area contributed by atoms with Crippen LogP contribution in [-0.4, -0.2) is 15.7 Å². The molecule has 2 aromatic carbocycles. The largest absolute Gasteiger partial charge is 0.350 e. The second kappa shape index (κ2) is 6.76. The van der Waals surface area contributed by atoms with E-state index in [-0.39, 0.29) is 12.5 Å². The Morgan fingerprint density at radius 2 is 1.80 bits per heavy atom. The number of hydrogen-bond acceptors (Lipinski definition) is 3. The lowest BCUT2D eigenvalue weighted by Gasteiger charge is -2.10.